The van der Waals surface area contributed by atoms with E-state index in [2.05, 4.69) is 4.98 Å². The van der Waals surface area contributed by atoms with E-state index in [1.165, 1.54) is 0 Å². The lowest BCUT2D eigenvalue weighted by atomic mass is 10.1. The molecule has 0 aliphatic rings. The van der Waals surface area contributed by atoms with E-state index >= 15 is 0 Å². The molecular weight excluding hydrogens is 168 g/mol. The van der Waals surface area contributed by atoms with Crippen LogP contribution >= 0.6 is 0 Å². The summed E-state index contributed by atoms with van der Waals surface area (Å²) in [6, 6.07) is 3.41. The second-order valence-corrected chi connectivity index (χ2v) is 2.67. The number of aryl methyl sites for hydroxylation is 1. The van der Waals surface area contributed by atoms with Crippen LogP contribution in [-0.4, -0.2) is 17.2 Å². The molecule has 2 N–H and O–H groups in total. The Balaban J connectivity index is 2.66. The second-order valence-electron chi connectivity index (χ2n) is 2.67. The molecule has 4 nitrogen and oxygen atoms in total. The van der Waals surface area contributed by atoms with Gasteiger partial charge in [0.2, 0.25) is 5.91 Å². The van der Waals surface area contributed by atoms with Crippen LogP contribution in [0.5, 0.6) is 0 Å². The van der Waals surface area contributed by atoms with Gasteiger partial charge in [-0.1, -0.05) is 0 Å². The van der Waals surface area contributed by atoms with E-state index in [4.69, 9.17) is 5.73 Å². The number of rotatable bonds is 4. The van der Waals surface area contributed by atoms with Gasteiger partial charge in [0.05, 0.1) is 0 Å². The molecule has 1 heterocycles. The van der Waals surface area contributed by atoms with Crippen LogP contribution in [0.4, 0.5) is 0 Å². The lowest BCUT2D eigenvalue weighted by Gasteiger charge is -1.98. The maximum Gasteiger partial charge on any atom is 0.217 e. The first-order valence-corrected chi connectivity index (χ1v) is 3.91. The van der Waals surface area contributed by atoms with Crippen LogP contribution in [0.1, 0.15) is 22.5 Å². The Hall–Kier alpha value is -1.71. The molecule has 0 bridgehead atoms. The number of pyridine rings is 1. The predicted molar refractivity (Wildman–Crippen MR) is 47.1 cm³/mol. The molecule has 68 valence electrons. The van der Waals surface area contributed by atoms with Crippen LogP contribution in [0, 0.1) is 0 Å². The highest BCUT2D eigenvalue weighted by Crippen LogP contribution is 2.02. The molecule has 1 aromatic rings. The summed E-state index contributed by atoms with van der Waals surface area (Å²) in [4.78, 5) is 24.6. The summed E-state index contributed by atoms with van der Waals surface area (Å²) >= 11 is 0. The van der Waals surface area contributed by atoms with Gasteiger partial charge in [0.15, 0.2) is 6.29 Å². The molecule has 0 saturated heterocycles. The number of carbonyl (C=O) groups excluding carboxylic acids is 2. The molecule has 0 spiro atoms. The highest BCUT2D eigenvalue weighted by Gasteiger charge is 1.98. The van der Waals surface area contributed by atoms with Gasteiger partial charge in [-0.15, -0.1) is 0 Å². The smallest absolute Gasteiger partial charge is 0.217 e. The third-order valence-electron chi connectivity index (χ3n) is 1.63. The van der Waals surface area contributed by atoms with Crippen molar-refractivity contribution in [1.29, 1.82) is 0 Å². The second kappa shape index (κ2) is 4.35. The fraction of sp³-hybridized carbons (Fsp3) is 0.222. The molecule has 1 rings (SSSR count). The molecule has 0 atom stereocenters. The Bertz CT molecular complexity index is 323. The zero-order valence-corrected chi connectivity index (χ0v) is 7.06. The summed E-state index contributed by atoms with van der Waals surface area (Å²) in [5.74, 6) is -0.343. The first kappa shape index (κ1) is 9.38. The number of primary amides is 1. The van der Waals surface area contributed by atoms with Crippen molar-refractivity contribution in [2.45, 2.75) is 12.8 Å². The van der Waals surface area contributed by atoms with Crippen LogP contribution in [-0.2, 0) is 11.2 Å². The van der Waals surface area contributed by atoms with Crippen molar-refractivity contribution in [1.82, 2.24) is 4.98 Å². The van der Waals surface area contributed by atoms with Crippen molar-refractivity contribution in [3.05, 3.63) is 29.6 Å². The predicted octanol–water partition coefficient (Wildman–Crippen LogP) is 0.312. The zero-order chi connectivity index (χ0) is 9.68. The van der Waals surface area contributed by atoms with Crippen molar-refractivity contribution < 1.29 is 9.59 Å². The zero-order valence-electron chi connectivity index (χ0n) is 7.06. The average Bonchev–Trinajstić information content (AvgIpc) is 2.15. The summed E-state index contributed by atoms with van der Waals surface area (Å²) in [7, 11) is 0. The van der Waals surface area contributed by atoms with Gasteiger partial charge >= 0.3 is 0 Å². The number of carbonyl (C=O) groups is 2. The number of nitrogens with two attached hydrogens (primary N) is 1. The lowest BCUT2D eigenvalue weighted by molar-refractivity contribution is -0.117. The first-order valence-electron chi connectivity index (χ1n) is 3.91. The third kappa shape index (κ3) is 3.02. The van der Waals surface area contributed by atoms with E-state index in [0.717, 1.165) is 5.56 Å². The fourth-order valence-corrected chi connectivity index (χ4v) is 0.982. The average molecular weight is 178 g/mol. The minimum absolute atomic E-state index is 0.294. The number of aldehydes is 1. The highest BCUT2D eigenvalue weighted by molar-refractivity contribution is 5.74. The van der Waals surface area contributed by atoms with Gasteiger partial charge in [0, 0.05) is 12.6 Å². The molecule has 0 saturated carbocycles. The molecule has 0 aromatic carbocycles. The van der Waals surface area contributed by atoms with Crippen molar-refractivity contribution in [2.24, 2.45) is 5.73 Å². The van der Waals surface area contributed by atoms with E-state index in [-0.39, 0.29) is 5.91 Å². The number of hydrogen-bond donors (Lipinski definition) is 1. The Kier molecular flexibility index (Phi) is 3.14. The topological polar surface area (TPSA) is 73.1 Å². The molecule has 0 fully saturated rings. The molecular formula is C9H10N2O2. The van der Waals surface area contributed by atoms with Gasteiger partial charge in [-0.25, -0.2) is 0 Å². The van der Waals surface area contributed by atoms with E-state index in [1.54, 1.807) is 18.3 Å². The minimum Gasteiger partial charge on any atom is -0.370 e. The quantitative estimate of drug-likeness (QED) is 0.674. The Morgan fingerprint density at radius 3 is 3.00 bits per heavy atom. The largest absolute Gasteiger partial charge is 0.370 e. The summed E-state index contributed by atoms with van der Waals surface area (Å²) < 4.78 is 0. The Labute approximate surface area is 75.8 Å². The van der Waals surface area contributed by atoms with Crippen LogP contribution in [0.2, 0.25) is 0 Å². The van der Waals surface area contributed by atoms with Crippen LogP contribution in [0.25, 0.3) is 0 Å². The number of aromatic nitrogens is 1. The lowest BCUT2D eigenvalue weighted by Crippen LogP contribution is -2.11. The van der Waals surface area contributed by atoms with Crippen molar-refractivity contribution in [3.8, 4) is 0 Å². The number of hydrogen-bond acceptors (Lipinski definition) is 3. The molecule has 0 aliphatic heterocycles. The normalized spacial score (nSPS) is 9.54. The van der Waals surface area contributed by atoms with Crippen molar-refractivity contribution in [2.75, 3.05) is 0 Å². The molecule has 1 aromatic heterocycles. The van der Waals surface area contributed by atoms with E-state index in [9.17, 15) is 9.59 Å². The molecule has 0 aliphatic carbocycles. The van der Waals surface area contributed by atoms with Crippen LogP contribution in [0.3, 0.4) is 0 Å². The minimum atomic E-state index is -0.343. The van der Waals surface area contributed by atoms with Gasteiger partial charge in [-0.2, -0.15) is 0 Å². The summed E-state index contributed by atoms with van der Waals surface area (Å²) in [5.41, 5.74) is 6.26. The van der Waals surface area contributed by atoms with Crippen molar-refractivity contribution in [3.63, 3.8) is 0 Å². The Morgan fingerprint density at radius 1 is 1.62 bits per heavy atom. The van der Waals surface area contributed by atoms with Crippen LogP contribution in [0.15, 0.2) is 18.3 Å². The number of nitrogens with zero attached hydrogens (tertiary/aromatic N) is 1. The standard InChI is InChI=1S/C9H10N2O2/c10-9(13)2-1-7-3-4-11-8(5-7)6-12/h3-6H,1-2H2,(H2,10,13). The third-order valence-corrected chi connectivity index (χ3v) is 1.63. The van der Waals surface area contributed by atoms with Crippen LogP contribution < -0.4 is 5.73 Å². The van der Waals surface area contributed by atoms with Gasteiger partial charge in [0.1, 0.15) is 5.69 Å². The summed E-state index contributed by atoms with van der Waals surface area (Å²) in [5, 5.41) is 0. The molecule has 0 radical (unpaired) electrons. The summed E-state index contributed by atoms with van der Waals surface area (Å²) in [6.07, 6.45) is 3.06. The molecule has 13 heavy (non-hydrogen) atoms. The maximum absolute atomic E-state index is 10.5. The molecule has 4 heteroatoms. The molecule has 0 unspecified atom stereocenters. The first-order chi connectivity index (χ1) is 6.22. The van der Waals surface area contributed by atoms with Crippen molar-refractivity contribution >= 4 is 12.2 Å². The maximum atomic E-state index is 10.5. The van der Waals surface area contributed by atoms with E-state index in [1.807, 2.05) is 0 Å². The highest BCUT2D eigenvalue weighted by atomic mass is 16.1. The SMILES string of the molecule is NC(=O)CCc1ccnc(C=O)c1. The van der Waals surface area contributed by atoms with Gasteiger partial charge in [0.25, 0.3) is 0 Å². The van der Waals surface area contributed by atoms with E-state index < -0.39 is 0 Å². The number of amides is 1. The monoisotopic (exact) mass is 178 g/mol. The van der Waals surface area contributed by atoms with Gasteiger partial charge in [-0.3, -0.25) is 14.6 Å². The fourth-order valence-electron chi connectivity index (χ4n) is 0.982. The van der Waals surface area contributed by atoms with E-state index in [0.29, 0.717) is 24.8 Å². The molecule has 1 amide bonds. The van der Waals surface area contributed by atoms with Gasteiger partial charge in [-0.05, 0) is 24.1 Å². The Morgan fingerprint density at radius 2 is 2.38 bits per heavy atom. The summed E-state index contributed by atoms with van der Waals surface area (Å²) in [6.45, 7) is 0. The van der Waals surface area contributed by atoms with Gasteiger partial charge < -0.3 is 5.73 Å².